The van der Waals surface area contributed by atoms with Crippen LogP contribution in [0.15, 0.2) is 170 Å². The predicted molar refractivity (Wildman–Crippen MR) is 387 cm³/mol. The van der Waals surface area contributed by atoms with Gasteiger partial charge < -0.3 is 38.2 Å². The minimum atomic E-state index is 0. The normalized spacial score (nSPS) is 10.4. The SMILES string of the molecule is [C-]#[N+]c1cc[c-]c(-c2cc3c(C)c(C)n(-c4c(C)cccc4C)c3cn2)c1.[C-]#[N+]c1cc[c-]c(-c2cc3c(C)c(C)n(-c4ccccc4)c3cn2)c1.[C-]#[N+]c1cc[c-]c(-c2cc3c(C)c(C)n(C)c3cn2)c1.[C-]#[N+]c1cc[c-]c(-c2cc3c(C)c(C)n(CC(C)C)c3cn2)c1.[Ir].[Ir].[Ir].[Ir]. The number of aromatic nitrogens is 8. The quantitative estimate of drug-likeness (QED) is 0.142. The maximum Gasteiger partial charge on any atom is 0.108 e. The Morgan fingerprint density at radius 1 is 0.384 bits per heavy atom. The average Bonchev–Trinajstić information content (AvgIpc) is 1.64. The number of benzene rings is 6. The van der Waals surface area contributed by atoms with E-state index in [4.69, 9.17) is 31.3 Å². The Morgan fingerprint density at radius 2 is 0.717 bits per heavy atom. The van der Waals surface area contributed by atoms with Gasteiger partial charge in [0.05, 0.1) is 54.0 Å². The zero-order valence-electron chi connectivity index (χ0n) is 57.2. The number of hydrogen-bond donors (Lipinski definition) is 0. The Kier molecular flexibility index (Phi) is 26.0. The largest absolute Gasteiger partial charge is 0.346 e. The van der Waals surface area contributed by atoms with Crippen molar-refractivity contribution < 1.29 is 80.4 Å². The molecule has 0 N–H and O–H groups in total. The Bertz CT molecular complexity index is 5450. The molecule has 0 amide bonds. The number of para-hydroxylation sites is 2. The average molecular weight is 2000 g/mol. The van der Waals surface area contributed by atoms with Gasteiger partial charge in [0.25, 0.3) is 0 Å². The number of hydrogen-bond acceptors (Lipinski definition) is 4. The molecule has 0 aliphatic carbocycles. The Labute approximate surface area is 635 Å². The molecule has 14 rings (SSSR count). The zero-order chi connectivity index (χ0) is 67.4. The van der Waals surface area contributed by atoms with Crippen molar-refractivity contribution in [1.82, 2.24) is 38.2 Å². The Morgan fingerprint density at radius 3 is 1.11 bits per heavy atom. The summed E-state index contributed by atoms with van der Waals surface area (Å²) in [6.07, 6.45) is 7.69. The summed E-state index contributed by atoms with van der Waals surface area (Å²) in [4.78, 5) is 32.4. The molecule has 6 aromatic carbocycles. The third-order valence-corrected chi connectivity index (χ3v) is 18.0. The summed E-state index contributed by atoms with van der Waals surface area (Å²) >= 11 is 0. The first-order valence-corrected chi connectivity index (χ1v) is 31.3. The summed E-state index contributed by atoms with van der Waals surface area (Å²) in [6, 6.07) is 59.4. The van der Waals surface area contributed by atoms with Crippen molar-refractivity contribution in [2.24, 2.45) is 13.0 Å². The smallest absolute Gasteiger partial charge is 0.108 e. The number of nitrogens with zero attached hydrogens (tertiary/aromatic N) is 12. The molecule has 0 unspecified atom stereocenters. The fourth-order valence-electron chi connectivity index (χ4n) is 12.4. The molecule has 0 saturated carbocycles. The molecular weight excluding hydrogens is 1930 g/mol. The van der Waals surface area contributed by atoms with Crippen molar-refractivity contribution >= 4 is 66.4 Å². The number of pyridine rings is 4. The molecule has 4 radical (unpaired) electrons. The van der Waals surface area contributed by atoms with E-state index in [-0.39, 0.29) is 80.4 Å². The second-order valence-electron chi connectivity index (χ2n) is 24.3. The molecule has 8 heterocycles. The molecule has 0 atom stereocenters. The number of aryl methyl sites for hydroxylation is 7. The molecule has 0 saturated heterocycles. The van der Waals surface area contributed by atoms with Crippen LogP contribution >= 0.6 is 0 Å². The fourth-order valence-corrected chi connectivity index (χ4v) is 12.4. The van der Waals surface area contributed by atoms with Gasteiger partial charge in [-0.2, -0.15) is 24.3 Å². The van der Waals surface area contributed by atoms with Gasteiger partial charge in [0.15, 0.2) is 0 Å². The summed E-state index contributed by atoms with van der Waals surface area (Å²) < 4.78 is 9.05. The van der Waals surface area contributed by atoms with Crippen LogP contribution < -0.4 is 0 Å². The van der Waals surface area contributed by atoms with Crippen molar-refractivity contribution in [1.29, 1.82) is 0 Å². The van der Waals surface area contributed by atoms with Crippen LogP contribution in [-0.2, 0) is 94.0 Å². The zero-order valence-corrected chi connectivity index (χ0v) is 66.7. The van der Waals surface area contributed by atoms with Gasteiger partial charge in [-0.3, -0.25) is 19.4 Å². The van der Waals surface area contributed by atoms with Crippen LogP contribution in [0, 0.1) is 126 Å². The first-order valence-electron chi connectivity index (χ1n) is 31.3. The van der Waals surface area contributed by atoms with E-state index in [1.165, 1.54) is 88.9 Å². The van der Waals surface area contributed by atoms with Gasteiger partial charge in [-0.1, -0.05) is 74.5 Å². The van der Waals surface area contributed by atoms with Gasteiger partial charge >= 0.3 is 0 Å². The van der Waals surface area contributed by atoms with E-state index in [1.807, 2.05) is 67.3 Å². The van der Waals surface area contributed by atoms with Gasteiger partial charge in [0, 0.05) is 147 Å². The van der Waals surface area contributed by atoms with Crippen LogP contribution in [0.25, 0.3) is 119 Å². The molecule has 0 bridgehead atoms. The Balaban J connectivity index is 0.000000184. The Hall–Kier alpha value is -9.36. The summed E-state index contributed by atoms with van der Waals surface area (Å²) in [5.41, 5.74) is 28.7. The maximum absolute atomic E-state index is 7.22. The van der Waals surface area contributed by atoms with E-state index in [2.05, 4.69) is 222 Å². The second kappa shape index (κ2) is 33.5. The second-order valence-corrected chi connectivity index (χ2v) is 24.3. The van der Waals surface area contributed by atoms with Crippen LogP contribution in [0.2, 0.25) is 0 Å². The molecular formula is C83H70Ir4N12-4. The van der Waals surface area contributed by atoms with Crippen LogP contribution in [0.5, 0.6) is 0 Å². The summed E-state index contributed by atoms with van der Waals surface area (Å²) in [5, 5.41) is 4.79. The van der Waals surface area contributed by atoms with E-state index in [1.54, 1.807) is 48.5 Å². The molecule has 0 aliphatic heterocycles. The van der Waals surface area contributed by atoms with Crippen molar-refractivity contribution in [3.8, 4) is 56.4 Å². The van der Waals surface area contributed by atoms with Crippen molar-refractivity contribution in [2.75, 3.05) is 0 Å². The molecule has 14 aromatic rings. The van der Waals surface area contributed by atoms with Crippen molar-refractivity contribution in [3.63, 3.8) is 0 Å². The third-order valence-electron chi connectivity index (χ3n) is 18.0. The monoisotopic (exact) mass is 2010 g/mol. The van der Waals surface area contributed by atoms with Gasteiger partial charge in [-0.25, -0.2) is 0 Å². The topological polar surface area (TPSA) is 88.7 Å². The predicted octanol–water partition coefficient (Wildman–Crippen LogP) is 21.5. The van der Waals surface area contributed by atoms with E-state index in [9.17, 15) is 0 Å². The minimum Gasteiger partial charge on any atom is -0.346 e. The molecule has 16 heteroatoms. The third kappa shape index (κ3) is 15.9. The van der Waals surface area contributed by atoms with E-state index in [0.717, 1.165) is 73.8 Å². The molecule has 12 nitrogen and oxygen atoms in total. The summed E-state index contributed by atoms with van der Waals surface area (Å²) in [7, 11) is 2.05. The molecule has 8 aromatic heterocycles. The van der Waals surface area contributed by atoms with Crippen LogP contribution in [0.3, 0.4) is 0 Å². The first-order chi connectivity index (χ1) is 45.8. The van der Waals surface area contributed by atoms with Gasteiger partial charge in [0.2, 0.25) is 0 Å². The standard InChI is InChI=1S/C24H20N3.C22H16N3.C20H20N3.C17H14N3.4Ir/c1-15-8-6-9-16(2)24(15)27-18(4)17(3)21-13-22(26-14-23(21)27)19-10-7-11-20(12-19)25-5;1-15-16(2)25(19-10-5-4-6-11-19)22-14-24-21(13-20(15)22)17-8-7-9-18(12-17)23-3;1-13(2)12-23-15(4)14(3)18-10-19(22-11-20(18)23)16-7-6-8-17(9-16)21-5;1-11-12(2)20(4)17-10-19-16(9-15(11)17)13-6-5-7-14(8-13)18-3;;;;/h6-9,11-14H,1-4H3;4-7,9-14H,1-2H3;6,8-11,13H,12H2,1-4H3;5,7-10H,1-2,4H3;;;;/q4*-1;;;;. The molecule has 0 aliphatic rings. The van der Waals surface area contributed by atoms with E-state index >= 15 is 0 Å². The summed E-state index contributed by atoms with van der Waals surface area (Å²) in [6.45, 7) is 55.6. The molecule has 502 valence electrons. The van der Waals surface area contributed by atoms with Gasteiger partial charge in [0.1, 0.15) is 22.7 Å². The van der Waals surface area contributed by atoms with Crippen molar-refractivity contribution in [3.05, 3.63) is 296 Å². The minimum absolute atomic E-state index is 0. The van der Waals surface area contributed by atoms with Crippen LogP contribution in [0.1, 0.15) is 70.0 Å². The van der Waals surface area contributed by atoms with Crippen molar-refractivity contribution in [2.45, 2.75) is 89.6 Å². The maximum atomic E-state index is 7.22. The molecule has 0 spiro atoms. The van der Waals surface area contributed by atoms with E-state index < -0.39 is 0 Å². The number of rotatable bonds is 8. The first kappa shape index (κ1) is 77.0. The van der Waals surface area contributed by atoms with Gasteiger partial charge in [-0.15, -0.1) is 95.1 Å². The van der Waals surface area contributed by atoms with Crippen LogP contribution in [-0.4, -0.2) is 38.2 Å². The van der Waals surface area contributed by atoms with Gasteiger partial charge in [-0.05, 0) is 165 Å². The van der Waals surface area contributed by atoms with Crippen LogP contribution in [0.4, 0.5) is 22.7 Å². The number of fused-ring (bicyclic) bond motifs is 4. The summed E-state index contributed by atoms with van der Waals surface area (Å²) in [5.74, 6) is 0.590. The molecule has 0 fully saturated rings. The fraction of sp³-hybridized carbons (Fsp3) is 0.181. The molecule has 99 heavy (non-hydrogen) atoms. The van der Waals surface area contributed by atoms with E-state index in [0.29, 0.717) is 28.7 Å².